The van der Waals surface area contributed by atoms with E-state index in [0.29, 0.717) is 5.57 Å². The van der Waals surface area contributed by atoms with Crippen molar-refractivity contribution in [3.63, 3.8) is 0 Å². The summed E-state index contributed by atoms with van der Waals surface area (Å²) in [6.45, 7) is 3.68. The van der Waals surface area contributed by atoms with Gasteiger partial charge in [-0.2, -0.15) is 0 Å². The quantitative estimate of drug-likeness (QED) is 0.734. The van der Waals surface area contributed by atoms with Crippen LogP contribution >= 0.6 is 0 Å². The third-order valence-electron chi connectivity index (χ3n) is 3.27. The van der Waals surface area contributed by atoms with Gasteiger partial charge in [0, 0.05) is 11.1 Å². The predicted molar refractivity (Wildman–Crippen MR) is 88.5 cm³/mol. The molecule has 0 aromatic heterocycles. The van der Waals surface area contributed by atoms with Crippen molar-refractivity contribution in [1.82, 2.24) is 0 Å². The molecule has 0 heterocycles. The van der Waals surface area contributed by atoms with Crippen molar-refractivity contribution in [2.45, 2.75) is 13.8 Å². The second-order valence-corrected chi connectivity index (χ2v) is 6.14. The van der Waals surface area contributed by atoms with E-state index in [1.807, 2.05) is 0 Å². The number of carbonyl (C=O) groups is 2. The number of aromatic hydroxyl groups is 1. The van der Waals surface area contributed by atoms with Crippen LogP contribution in [0.5, 0.6) is 5.75 Å². The summed E-state index contributed by atoms with van der Waals surface area (Å²) in [7, 11) is 0. The third kappa shape index (κ3) is 3.53. The topological polar surface area (TPSA) is 54.4 Å². The molecule has 0 bridgehead atoms. The van der Waals surface area contributed by atoms with Crippen LogP contribution in [0.4, 0.5) is 0 Å². The molecule has 22 heavy (non-hydrogen) atoms. The first-order valence-corrected chi connectivity index (χ1v) is 7.69. The van der Waals surface area contributed by atoms with Crippen molar-refractivity contribution in [2.24, 2.45) is 0 Å². The average Bonchev–Trinajstić information content (AvgIpc) is 2.48. The zero-order valence-corrected chi connectivity index (χ0v) is 14.2. The number of aryl methyl sites for hydroxylation is 1. The van der Waals surface area contributed by atoms with Crippen LogP contribution in [0, 0.1) is 6.92 Å². The summed E-state index contributed by atoms with van der Waals surface area (Å²) in [6.07, 6.45) is 1.25. The second-order valence-electron chi connectivity index (χ2n) is 5.06. The van der Waals surface area contributed by atoms with Gasteiger partial charge in [-0.15, -0.1) is 0 Å². The number of Topliss-reactive ketones (excluding diaryl/α,β-unsaturated/α-hetero) is 1. The first-order valence-electron chi connectivity index (χ1n) is 6.75. The van der Waals surface area contributed by atoms with E-state index in [1.165, 1.54) is 22.2 Å². The SMILES string of the molecule is CC1=CC(=O)c2c(O)cccc2C1=O.Cc1ccc([SeH])cc1. The molecule has 3 rings (SSSR count). The van der Waals surface area contributed by atoms with Gasteiger partial charge in [-0.1, -0.05) is 12.1 Å². The molecule has 2 aromatic carbocycles. The Hall–Kier alpha value is -2.16. The average molecular weight is 359 g/mol. The van der Waals surface area contributed by atoms with Gasteiger partial charge < -0.3 is 5.11 Å². The van der Waals surface area contributed by atoms with Gasteiger partial charge in [0.1, 0.15) is 5.75 Å². The number of benzene rings is 2. The van der Waals surface area contributed by atoms with E-state index in [-0.39, 0.29) is 28.4 Å². The normalized spacial score (nSPS) is 13.0. The van der Waals surface area contributed by atoms with Gasteiger partial charge >= 0.3 is 57.2 Å². The molecule has 0 unspecified atom stereocenters. The minimum atomic E-state index is -0.310. The maximum absolute atomic E-state index is 11.6. The Labute approximate surface area is 137 Å². The molecule has 0 radical (unpaired) electrons. The molecule has 1 N–H and O–H groups in total. The van der Waals surface area contributed by atoms with E-state index < -0.39 is 0 Å². The first kappa shape index (κ1) is 16.2. The third-order valence-corrected chi connectivity index (χ3v) is 3.90. The fourth-order valence-electron chi connectivity index (χ4n) is 2.08. The molecular weight excluding hydrogens is 343 g/mol. The van der Waals surface area contributed by atoms with Crippen molar-refractivity contribution < 1.29 is 14.7 Å². The molecule has 1 aliphatic carbocycles. The van der Waals surface area contributed by atoms with Crippen molar-refractivity contribution in [2.75, 3.05) is 0 Å². The van der Waals surface area contributed by atoms with Crippen LogP contribution < -0.4 is 4.46 Å². The molecule has 112 valence electrons. The van der Waals surface area contributed by atoms with Gasteiger partial charge in [0.15, 0.2) is 11.6 Å². The molecule has 1 aliphatic rings. The van der Waals surface area contributed by atoms with E-state index in [9.17, 15) is 14.7 Å². The van der Waals surface area contributed by atoms with Crippen molar-refractivity contribution in [3.05, 3.63) is 70.8 Å². The van der Waals surface area contributed by atoms with Crippen LogP contribution in [0.2, 0.25) is 0 Å². The summed E-state index contributed by atoms with van der Waals surface area (Å²) in [5.41, 5.74) is 2.13. The van der Waals surface area contributed by atoms with E-state index in [0.717, 1.165) is 0 Å². The summed E-state index contributed by atoms with van der Waals surface area (Å²) in [4.78, 5) is 23.1. The molecule has 0 saturated heterocycles. The summed E-state index contributed by atoms with van der Waals surface area (Å²) in [5.74, 6) is -0.643. The molecule has 2 aromatic rings. The molecule has 0 fully saturated rings. The minimum absolute atomic E-state index is 0.114. The molecule has 0 amide bonds. The standard InChI is InChI=1S/C11H8O3.C7H8Se/c1-6-5-9(13)10-7(11(6)14)3-2-4-8(10)12;1-6-2-4-7(8)5-3-6/h2-5,12H,1H3;2-5,8H,1H3. The molecule has 3 nitrogen and oxygen atoms in total. The van der Waals surface area contributed by atoms with Crippen LogP contribution in [-0.4, -0.2) is 32.7 Å². The van der Waals surface area contributed by atoms with E-state index in [4.69, 9.17) is 0 Å². The Morgan fingerprint density at radius 2 is 1.59 bits per heavy atom. The Balaban J connectivity index is 0.000000188. The van der Waals surface area contributed by atoms with Gasteiger partial charge in [-0.25, -0.2) is 0 Å². The maximum atomic E-state index is 11.6. The first-order chi connectivity index (χ1) is 10.4. The van der Waals surface area contributed by atoms with Crippen LogP contribution in [0.15, 0.2) is 54.1 Å². The summed E-state index contributed by atoms with van der Waals surface area (Å²) in [6, 6.07) is 12.9. The number of ketones is 2. The molecule has 0 atom stereocenters. The van der Waals surface area contributed by atoms with Crippen LogP contribution in [0.3, 0.4) is 0 Å². The fraction of sp³-hybridized carbons (Fsp3) is 0.111. The van der Waals surface area contributed by atoms with Crippen molar-refractivity contribution in [3.8, 4) is 5.75 Å². The molecule has 0 saturated carbocycles. The van der Waals surface area contributed by atoms with Crippen LogP contribution in [0.1, 0.15) is 33.2 Å². The van der Waals surface area contributed by atoms with Crippen LogP contribution in [0.25, 0.3) is 0 Å². The van der Waals surface area contributed by atoms with Gasteiger partial charge in [-0.3, -0.25) is 9.59 Å². The molecular formula is C18H16O3Se. The zero-order chi connectivity index (χ0) is 16.3. The number of hydrogen-bond acceptors (Lipinski definition) is 3. The van der Waals surface area contributed by atoms with Crippen molar-refractivity contribution >= 4 is 32.0 Å². The summed E-state index contributed by atoms with van der Waals surface area (Å²) < 4.78 is 1.27. The Morgan fingerprint density at radius 1 is 0.955 bits per heavy atom. The number of rotatable bonds is 0. The van der Waals surface area contributed by atoms with Crippen LogP contribution in [-0.2, 0) is 0 Å². The monoisotopic (exact) mass is 360 g/mol. The zero-order valence-electron chi connectivity index (χ0n) is 12.3. The summed E-state index contributed by atoms with van der Waals surface area (Å²) in [5, 5.41) is 9.43. The number of phenolic OH excluding ortho intramolecular Hbond substituents is 1. The van der Waals surface area contributed by atoms with E-state index in [1.54, 1.807) is 19.1 Å². The van der Waals surface area contributed by atoms with Gasteiger partial charge in [0.25, 0.3) is 0 Å². The van der Waals surface area contributed by atoms with Gasteiger partial charge in [0.2, 0.25) is 0 Å². The Kier molecular flexibility index (Phi) is 4.96. The number of allylic oxidation sites excluding steroid dienone is 2. The Morgan fingerprint density at radius 3 is 2.18 bits per heavy atom. The number of fused-ring (bicyclic) bond motifs is 1. The molecule has 0 spiro atoms. The predicted octanol–water partition coefficient (Wildman–Crippen LogP) is 2.24. The van der Waals surface area contributed by atoms with E-state index in [2.05, 4.69) is 47.2 Å². The van der Waals surface area contributed by atoms with Gasteiger partial charge in [0.05, 0.1) is 5.56 Å². The molecule has 4 heteroatoms. The Bertz CT molecular complexity index is 737. The number of hydrogen-bond donors (Lipinski definition) is 1. The number of phenols is 1. The second kappa shape index (κ2) is 6.73. The number of carbonyl (C=O) groups excluding carboxylic acids is 2. The van der Waals surface area contributed by atoms with E-state index >= 15 is 0 Å². The summed E-state index contributed by atoms with van der Waals surface area (Å²) >= 11 is 2.51. The fourth-order valence-corrected chi connectivity index (χ4v) is 2.39. The molecule has 0 aliphatic heterocycles. The van der Waals surface area contributed by atoms with Gasteiger partial charge in [-0.05, 0) is 19.1 Å². The van der Waals surface area contributed by atoms with Crippen molar-refractivity contribution in [1.29, 1.82) is 0 Å².